The lowest BCUT2D eigenvalue weighted by atomic mass is 10.2. The molecule has 102 valence electrons. The van der Waals surface area contributed by atoms with Gasteiger partial charge in [-0.2, -0.15) is 0 Å². The van der Waals surface area contributed by atoms with Crippen LogP contribution in [0.1, 0.15) is 37.3 Å². The molecule has 0 spiro atoms. The highest BCUT2D eigenvalue weighted by Crippen LogP contribution is 2.22. The van der Waals surface area contributed by atoms with Crippen molar-refractivity contribution in [1.82, 2.24) is 4.98 Å². The zero-order chi connectivity index (χ0) is 13.7. The summed E-state index contributed by atoms with van der Waals surface area (Å²) in [6.45, 7) is 2.17. The summed E-state index contributed by atoms with van der Waals surface area (Å²) >= 11 is 1.58. The topological polar surface area (TPSA) is 65.4 Å². The Labute approximate surface area is 116 Å². The minimum atomic E-state index is -1.42. The minimum absolute atomic E-state index is 0.480. The molecule has 1 aromatic heterocycles. The monoisotopic (exact) mass is 278 g/mol. The normalized spacial score (nSPS) is 10.9. The van der Waals surface area contributed by atoms with Gasteiger partial charge in [0.25, 0.3) is 0 Å². The van der Waals surface area contributed by atoms with Gasteiger partial charge in [0.15, 0.2) is 11.4 Å². The number of benzene rings is 1. The van der Waals surface area contributed by atoms with Crippen LogP contribution in [-0.2, 0) is 6.42 Å². The van der Waals surface area contributed by atoms with Crippen molar-refractivity contribution in [2.45, 2.75) is 32.5 Å². The Hall–Kier alpha value is -1.43. The maximum Gasteiger partial charge on any atom is 0.187 e. The third-order valence-corrected chi connectivity index (χ3v) is 3.60. The lowest BCUT2D eigenvalue weighted by molar-refractivity contribution is -0.0424. The van der Waals surface area contributed by atoms with Crippen LogP contribution >= 0.6 is 11.3 Å². The molecular weight excluding hydrogens is 260 g/mol. The molecule has 3 N–H and O–H groups in total. The van der Waals surface area contributed by atoms with E-state index in [0.29, 0.717) is 5.56 Å². The number of unbranched alkanes of at least 4 members (excludes halogenated alkanes) is 1. The first kappa shape index (κ1) is 14.0. The second kappa shape index (κ2) is 6.65. The molecule has 5 heteroatoms. The van der Waals surface area contributed by atoms with E-state index in [0.717, 1.165) is 29.4 Å². The second-order valence-electron chi connectivity index (χ2n) is 4.37. The van der Waals surface area contributed by atoms with E-state index >= 15 is 0 Å². The van der Waals surface area contributed by atoms with E-state index < -0.39 is 6.29 Å². The maximum atomic E-state index is 9.01. The number of aliphatic hydroxyl groups is 2. The van der Waals surface area contributed by atoms with Gasteiger partial charge in [-0.05, 0) is 25.0 Å². The fraction of sp³-hybridized carbons (Fsp3) is 0.357. The largest absolute Gasteiger partial charge is 0.364 e. The van der Waals surface area contributed by atoms with E-state index in [1.807, 2.05) is 12.1 Å². The summed E-state index contributed by atoms with van der Waals surface area (Å²) < 4.78 is 0. The Morgan fingerprint density at radius 1 is 1.26 bits per heavy atom. The molecule has 0 fully saturated rings. The molecule has 0 bridgehead atoms. The van der Waals surface area contributed by atoms with E-state index in [1.165, 1.54) is 6.42 Å². The standard InChI is InChI=1S/C14H18N2O2S/c1-2-3-4-12-9-19-14(16-12)15-11-7-5-10(6-8-11)13(17)18/h5-9,13,17-18H,2-4H2,1H3,(H,15,16). The summed E-state index contributed by atoms with van der Waals surface area (Å²) in [6, 6.07) is 6.97. The lowest BCUT2D eigenvalue weighted by Gasteiger charge is -2.06. The molecular formula is C14H18N2O2S. The van der Waals surface area contributed by atoms with E-state index in [2.05, 4.69) is 22.6 Å². The smallest absolute Gasteiger partial charge is 0.187 e. The Balaban J connectivity index is 1.98. The molecule has 0 aliphatic rings. The Kier molecular flexibility index (Phi) is 4.90. The molecule has 19 heavy (non-hydrogen) atoms. The minimum Gasteiger partial charge on any atom is -0.364 e. The van der Waals surface area contributed by atoms with E-state index in [-0.39, 0.29) is 0 Å². The van der Waals surface area contributed by atoms with Crippen LogP contribution in [0.4, 0.5) is 10.8 Å². The van der Waals surface area contributed by atoms with Gasteiger partial charge in [0.05, 0.1) is 5.69 Å². The van der Waals surface area contributed by atoms with Crippen LogP contribution in [0.5, 0.6) is 0 Å². The van der Waals surface area contributed by atoms with Crippen molar-refractivity contribution in [3.05, 3.63) is 40.9 Å². The molecule has 0 radical (unpaired) electrons. The van der Waals surface area contributed by atoms with Gasteiger partial charge in [-0.25, -0.2) is 4.98 Å². The maximum absolute atomic E-state index is 9.01. The molecule has 0 atom stereocenters. The Morgan fingerprint density at radius 2 is 2.00 bits per heavy atom. The average Bonchev–Trinajstić information content (AvgIpc) is 2.84. The first-order chi connectivity index (χ1) is 9.19. The summed E-state index contributed by atoms with van der Waals surface area (Å²) in [6.07, 6.45) is 1.93. The first-order valence-electron chi connectivity index (χ1n) is 6.36. The van der Waals surface area contributed by atoms with Crippen molar-refractivity contribution < 1.29 is 10.2 Å². The quantitative estimate of drug-likeness (QED) is 0.710. The van der Waals surface area contributed by atoms with E-state index in [1.54, 1.807) is 23.5 Å². The van der Waals surface area contributed by atoms with Crippen LogP contribution in [0.25, 0.3) is 0 Å². The fourth-order valence-electron chi connectivity index (χ4n) is 1.70. The van der Waals surface area contributed by atoms with E-state index in [9.17, 15) is 0 Å². The Bertz CT molecular complexity index is 508. The van der Waals surface area contributed by atoms with Crippen LogP contribution in [0.3, 0.4) is 0 Å². The van der Waals surface area contributed by atoms with Crippen molar-refractivity contribution in [1.29, 1.82) is 0 Å². The molecule has 2 rings (SSSR count). The van der Waals surface area contributed by atoms with Crippen molar-refractivity contribution in [2.75, 3.05) is 5.32 Å². The van der Waals surface area contributed by atoms with E-state index in [4.69, 9.17) is 10.2 Å². The van der Waals surface area contributed by atoms with Gasteiger partial charge in [0.2, 0.25) is 0 Å². The predicted octanol–water partition coefficient (Wildman–Crippen LogP) is 3.21. The number of rotatable bonds is 6. The van der Waals surface area contributed by atoms with Gasteiger partial charge in [0, 0.05) is 16.6 Å². The molecule has 2 aromatic rings. The molecule has 1 heterocycles. The predicted molar refractivity (Wildman–Crippen MR) is 77.6 cm³/mol. The summed E-state index contributed by atoms with van der Waals surface area (Å²) in [5.74, 6) is 0. The molecule has 0 unspecified atom stereocenters. The van der Waals surface area contributed by atoms with Crippen LogP contribution in [0, 0.1) is 0 Å². The van der Waals surface area contributed by atoms with Gasteiger partial charge >= 0.3 is 0 Å². The van der Waals surface area contributed by atoms with Crippen molar-refractivity contribution in [3.63, 3.8) is 0 Å². The Morgan fingerprint density at radius 3 is 2.63 bits per heavy atom. The average molecular weight is 278 g/mol. The summed E-state index contributed by atoms with van der Waals surface area (Å²) in [4.78, 5) is 4.51. The zero-order valence-electron chi connectivity index (χ0n) is 10.8. The molecule has 0 saturated carbocycles. The van der Waals surface area contributed by atoms with Gasteiger partial charge < -0.3 is 15.5 Å². The van der Waals surface area contributed by atoms with Crippen molar-refractivity contribution >= 4 is 22.2 Å². The van der Waals surface area contributed by atoms with Gasteiger partial charge in [0.1, 0.15) is 0 Å². The molecule has 0 aliphatic carbocycles. The fourth-order valence-corrected chi connectivity index (χ4v) is 2.46. The number of thiazole rings is 1. The summed E-state index contributed by atoms with van der Waals surface area (Å²) in [7, 11) is 0. The van der Waals surface area contributed by atoms with Crippen LogP contribution in [0.15, 0.2) is 29.6 Å². The molecule has 0 aliphatic heterocycles. The number of aromatic nitrogens is 1. The van der Waals surface area contributed by atoms with Gasteiger partial charge in [-0.1, -0.05) is 25.5 Å². The second-order valence-corrected chi connectivity index (χ2v) is 5.23. The highest BCUT2D eigenvalue weighted by molar-refractivity contribution is 7.13. The summed E-state index contributed by atoms with van der Waals surface area (Å²) in [5, 5.41) is 24.2. The zero-order valence-corrected chi connectivity index (χ0v) is 11.7. The number of hydrogen-bond donors (Lipinski definition) is 3. The molecule has 1 aromatic carbocycles. The summed E-state index contributed by atoms with van der Waals surface area (Å²) in [5.41, 5.74) is 2.49. The number of aliphatic hydroxyl groups excluding tert-OH is 1. The van der Waals surface area contributed by atoms with Crippen LogP contribution in [0.2, 0.25) is 0 Å². The highest BCUT2D eigenvalue weighted by atomic mass is 32.1. The third kappa shape index (κ3) is 4.02. The number of aryl methyl sites for hydroxylation is 1. The molecule has 0 saturated heterocycles. The van der Waals surface area contributed by atoms with Gasteiger partial charge in [-0.3, -0.25) is 0 Å². The first-order valence-corrected chi connectivity index (χ1v) is 7.24. The van der Waals surface area contributed by atoms with Crippen molar-refractivity contribution in [2.24, 2.45) is 0 Å². The highest BCUT2D eigenvalue weighted by Gasteiger charge is 2.04. The number of nitrogens with zero attached hydrogens (tertiary/aromatic N) is 1. The SMILES string of the molecule is CCCCc1csc(Nc2ccc(C(O)O)cc2)n1. The number of hydrogen-bond acceptors (Lipinski definition) is 5. The number of nitrogens with one attached hydrogen (secondary N) is 1. The molecule has 0 amide bonds. The van der Waals surface area contributed by atoms with Crippen LogP contribution < -0.4 is 5.32 Å². The molecule has 4 nitrogen and oxygen atoms in total. The number of anilines is 2. The lowest BCUT2D eigenvalue weighted by Crippen LogP contribution is -1.95. The van der Waals surface area contributed by atoms with Crippen molar-refractivity contribution in [3.8, 4) is 0 Å². The third-order valence-electron chi connectivity index (χ3n) is 2.80. The van der Waals surface area contributed by atoms with Gasteiger partial charge in [-0.15, -0.1) is 11.3 Å². The van der Waals surface area contributed by atoms with Crippen LogP contribution in [-0.4, -0.2) is 15.2 Å².